The van der Waals surface area contributed by atoms with Gasteiger partial charge in [-0.1, -0.05) is 12.1 Å². The summed E-state index contributed by atoms with van der Waals surface area (Å²) in [7, 11) is 0. The zero-order valence-corrected chi connectivity index (χ0v) is 14.1. The van der Waals surface area contributed by atoms with Crippen molar-refractivity contribution in [2.45, 2.75) is 19.1 Å². The first-order chi connectivity index (χ1) is 12.7. The van der Waals surface area contributed by atoms with Gasteiger partial charge in [0.15, 0.2) is 6.61 Å². The number of fused-ring (bicyclic) bond motifs is 1. The quantitative estimate of drug-likeness (QED) is 0.653. The summed E-state index contributed by atoms with van der Waals surface area (Å²) in [5.41, 5.74) is 0.858. The summed E-state index contributed by atoms with van der Waals surface area (Å²) in [6.45, 7) is 0.261. The number of aromatic amines is 1. The van der Waals surface area contributed by atoms with Crippen LogP contribution in [0.4, 0.5) is 17.6 Å². The summed E-state index contributed by atoms with van der Waals surface area (Å²) >= 11 is 0. The zero-order chi connectivity index (χ0) is 19.6. The van der Waals surface area contributed by atoms with Crippen LogP contribution in [-0.2, 0) is 0 Å². The maximum atomic E-state index is 13.7. The van der Waals surface area contributed by atoms with E-state index in [1.54, 1.807) is 19.1 Å². The van der Waals surface area contributed by atoms with E-state index in [-0.39, 0.29) is 17.0 Å². The molecule has 0 saturated carbocycles. The SMILES string of the molecule is CC(NC(=O)c1cc2cccc(F)c2[nH]1)c1ccc(OCC(F)(F)F)cn1. The van der Waals surface area contributed by atoms with Gasteiger partial charge in [0.2, 0.25) is 0 Å². The second kappa shape index (κ2) is 7.26. The van der Waals surface area contributed by atoms with Gasteiger partial charge in [0, 0.05) is 5.39 Å². The standard InChI is InChI=1S/C18H15F4N3O2/c1-10(14-6-5-12(8-23-14)27-9-18(20,21)22)24-17(26)15-7-11-3-2-4-13(19)16(11)25-15/h2-8,10,25H,9H2,1H3,(H,24,26). The largest absolute Gasteiger partial charge is 0.483 e. The molecule has 1 unspecified atom stereocenters. The van der Waals surface area contributed by atoms with Gasteiger partial charge in [-0.3, -0.25) is 9.78 Å². The second-order valence-electron chi connectivity index (χ2n) is 5.90. The van der Waals surface area contributed by atoms with Crippen LogP contribution in [0.2, 0.25) is 0 Å². The molecule has 0 aliphatic carbocycles. The Morgan fingerprint density at radius 3 is 2.70 bits per heavy atom. The van der Waals surface area contributed by atoms with Crippen molar-refractivity contribution in [3.05, 3.63) is 59.8 Å². The Balaban J connectivity index is 1.66. The number of carbonyl (C=O) groups is 1. The lowest BCUT2D eigenvalue weighted by molar-refractivity contribution is -0.153. The lowest BCUT2D eigenvalue weighted by Gasteiger charge is -2.14. The van der Waals surface area contributed by atoms with E-state index in [4.69, 9.17) is 0 Å². The fraction of sp³-hybridized carbons (Fsp3) is 0.222. The predicted molar refractivity (Wildman–Crippen MR) is 89.9 cm³/mol. The Bertz CT molecular complexity index is 951. The Hall–Kier alpha value is -3.10. The predicted octanol–water partition coefficient (Wildman–Crippen LogP) is 4.13. The normalized spacial score (nSPS) is 12.8. The second-order valence-corrected chi connectivity index (χ2v) is 5.90. The van der Waals surface area contributed by atoms with Gasteiger partial charge < -0.3 is 15.0 Å². The molecule has 0 aliphatic heterocycles. The summed E-state index contributed by atoms with van der Waals surface area (Å²) in [5, 5.41) is 3.26. The highest BCUT2D eigenvalue weighted by molar-refractivity contribution is 5.98. The highest BCUT2D eigenvalue weighted by Crippen LogP contribution is 2.21. The molecular formula is C18H15F4N3O2. The van der Waals surface area contributed by atoms with Crippen molar-refractivity contribution < 1.29 is 27.1 Å². The van der Waals surface area contributed by atoms with Gasteiger partial charge in [-0.2, -0.15) is 13.2 Å². The lowest BCUT2D eigenvalue weighted by atomic mass is 10.2. The Morgan fingerprint density at radius 1 is 1.30 bits per heavy atom. The summed E-state index contributed by atoms with van der Waals surface area (Å²) in [4.78, 5) is 19.1. The molecule has 0 radical (unpaired) electrons. The monoisotopic (exact) mass is 381 g/mol. The third-order valence-electron chi connectivity index (χ3n) is 3.80. The molecule has 9 heteroatoms. The molecule has 5 nitrogen and oxygen atoms in total. The maximum Gasteiger partial charge on any atom is 0.422 e. The Kier molecular flexibility index (Phi) is 5.02. The van der Waals surface area contributed by atoms with Crippen LogP contribution < -0.4 is 10.1 Å². The smallest absolute Gasteiger partial charge is 0.422 e. The van der Waals surface area contributed by atoms with E-state index in [2.05, 4.69) is 20.0 Å². The van der Waals surface area contributed by atoms with Crippen molar-refractivity contribution in [2.75, 3.05) is 6.61 Å². The number of halogens is 4. The molecule has 0 saturated heterocycles. The van der Waals surface area contributed by atoms with Crippen molar-refractivity contribution in [3.63, 3.8) is 0 Å². The van der Waals surface area contributed by atoms with Crippen molar-refractivity contribution >= 4 is 16.8 Å². The molecule has 1 aromatic carbocycles. The number of amides is 1. The number of benzene rings is 1. The van der Waals surface area contributed by atoms with Crippen molar-refractivity contribution in [3.8, 4) is 5.75 Å². The fourth-order valence-electron chi connectivity index (χ4n) is 2.49. The number of para-hydroxylation sites is 1. The number of hydrogen-bond acceptors (Lipinski definition) is 3. The molecule has 0 aliphatic rings. The lowest BCUT2D eigenvalue weighted by Crippen LogP contribution is -2.27. The van der Waals surface area contributed by atoms with Crippen LogP contribution in [0, 0.1) is 5.82 Å². The number of alkyl halides is 3. The topological polar surface area (TPSA) is 67.0 Å². The average molecular weight is 381 g/mol. The molecule has 3 aromatic rings. The number of nitrogens with one attached hydrogen (secondary N) is 2. The maximum absolute atomic E-state index is 13.7. The van der Waals surface area contributed by atoms with Gasteiger partial charge >= 0.3 is 6.18 Å². The minimum absolute atomic E-state index is 0.0271. The third-order valence-corrected chi connectivity index (χ3v) is 3.80. The van der Waals surface area contributed by atoms with Crippen LogP contribution in [-0.4, -0.2) is 28.7 Å². The number of carbonyl (C=O) groups excluding carboxylic acids is 1. The molecule has 2 aromatic heterocycles. The molecular weight excluding hydrogens is 366 g/mol. The van der Waals surface area contributed by atoms with Crippen LogP contribution in [0.1, 0.15) is 29.1 Å². The van der Waals surface area contributed by atoms with Crippen LogP contribution in [0.25, 0.3) is 10.9 Å². The minimum atomic E-state index is -4.43. The molecule has 2 N–H and O–H groups in total. The third kappa shape index (κ3) is 4.55. The number of H-pyrrole nitrogens is 1. The Labute approximate surface area is 151 Å². The van der Waals surface area contributed by atoms with E-state index >= 15 is 0 Å². The molecule has 142 valence electrons. The van der Waals surface area contributed by atoms with E-state index in [1.165, 1.54) is 24.3 Å². The Morgan fingerprint density at radius 2 is 2.07 bits per heavy atom. The van der Waals surface area contributed by atoms with Gasteiger partial charge in [0.25, 0.3) is 5.91 Å². The van der Waals surface area contributed by atoms with Crippen molar-refractivity contribution in [1.29, 1.82) is 0 Å². The summed E-state index contributed by atoms with van der Waals surface area (Å²) < 4.78 is 54.7. The summed E-state index contributed by atoms with van der Waals surface area (Å²) in [6, 6.07) is 8.32. The van der Waals surface area contributed by atoms with Crippen molar-refractivity contribution in [1.82, 2.24) is 15.3 Å². The first-order valence-electron chi connectivity index (χ1n) is 7.96. The zero-order valence-electron chi connectivity index (χ0n) is 14.1. The number of ether oxygens (including phenoxy) is 1. The van der Waals surface area contributed by atoms with Crippen molar-refractivity contribution in [2.24, 2.45) is 0 Å². The highest BCUT2D eigenvalue weighted by atomic mass is 19.4. The molecule has 2 heterocycles. The molecule has 27 heavy (non-hydrogen) atoms. The fourth-order valence-corrected chi connectivity index (χ4v) is 2.49. The van der Waals surface area contributed by atoms with Gasteiger partial charge in [-0.05, 0) is 31.2 Å². The first kappa shape index (κ1) is 18.7. The van der Waals surface area contributed by atoms with Gasteiger partial charge in [0.05, 0.1) is 23.4 Å². The number of hydrogen-bond donors (Lipinski definition) is 2. The van der Waals surface area contributed by atoms with Gasteiger partial charge in [0.1, 0.15) is 17.3 Å². The average Bonchev–Trinajstić information content (AvgIpc) is 3.05. The minimum Gasteiger partial charge on any atom is -0.483 e. The van der Waals surface area contributed by atoms with E-state index < -0.39 is 30.5 Å². The van der Waals surface area contributed by atoms with E-state index in [0.717, 1.165) is 6.20 Å². The van der Waals surface area contributed by atoms with Gasteiger partial charge in [-0.15, -0.1) is 0 Å². The molecule has 0 bridgehead atoms. The van der Waals surface area contributed by atoms with Crippen LogP contribution in [0.5, 0.6) is 5.75 Å². The summed E-state index contributed by atoms with van der Waals surface area (Å²) in [6.07, 6.45) is -3.28. The van der Waals surface area contributed by atoms with Crippen LogP contribution in [0.3, 0.4) is 0 Å². The van der Waals surface area contributed by atoms with Gasteiger partial charge in [-0.25, -0.2) is 4.39 Å². The highest BCUT2D eigenvalue weighted by Gasteiger charge is 2.28. The van der Waals surface area contributed by atoms with E-state index in [9.17, 15) is 22.4 Å². The van der Waals surface area contributed by atoms with E-state index in [1.807, 2.05) is 0 Å². The van der Waals surface area contributed by atoms with E-state index in [0.29, 0.717) is 11.1 Å². The molecule has 0 spiro atoms. The molecule has 1 atom stereocenters. The number of nitrogens with zero attached hydrogens (tertiary/aromatic N) is 1. The van der Waals surface area contributed by atoms with Crippen LogP contribution >= 0.6 is 0 Å². The number of pyridine rings is 1. The number of rotatable bonds is 5. The summed E-state index contributed by atoms with van der Waals surface area (Å²) in [5.74, 6) is -0.950. The first-order valence-corrected chi connectivity index (χ1v) is 7.96. The number of aromatic nitrogens is 2. The van der Waals surface area contributed by atoms with Crippen LogP contribution in [0.15, 0.2) is 42.6 Å². The molecule has 3 rings (SSSR count). The molecule has 1 amide bonds. The molecule has 0 fully saturated rings.